The first-order valence-corrected chi connectivity index (χ1v) is 5.54. The molecule has 0 aliphatic carbocycles. The molecule has 18 heavy (non-hydrogen) atoms. The second-order valence-corrected chi connectivity index (χ2v) is 4.03. The number of rotatable bonds is 3. The van der Waals surface area contributed by atoms with Gasteiger partial charge in [-0.25, -0.2) is 0 Å². The summed E-state index contributed by atoms with van der Waals surface area (Å²) >= 11 is 0. The molecule has 0 aliphatic rings. The third-order valence-electron chi connectivity index (χ3n) is 2.77. The van der Waals surface area contributed by atoms with Crippen LogP contribution in [0, 0.1) is 6.92 Å². The van der Waals surface area contributed by atoms with Crippen LogP contribution in [0.25, 0.3) is 0 Å². The molecule has 0 bridgehead atoms. The largest absolute Gasteiger partial charge is 0.508 e. The van der Waals surface area contributed by atoms with Crippen molar-refractivity contribution in [3.05, 3.63) is 53.3 Å². The molecule has 0 spiro atoms. The summed E-state index contributed by atoms with van der Waals surface area (Å²) in [4.78, 5) is 16.1. The first-order valence-electron chi connectivity index (χ1n) is 5.54. The number of aromatic hydroxyl groups is 2. The number of nitrogens with zero attached hydrogens (tertiary/aromatic N) is 1. The number of hydrogen-bond acceptors (Lipinski definition) is 4. The molecule has 2 aromatic rings. The van der Waals surface area contributed by atoms with Crippen LogP contribution < -0.4 is 0 Å². The van der Waals surface area contributed by atoms with Crippen LogP contribution in [0.2, 0.25) is 0 Å². The van der Waals surface area contributed by atoms with Crippen molar-refractivity contribution in [1.29, 1.82) is 0 Å². The van der Waals surface area contributed by atoms with Crippen molar-refractivity contribution < 1.29 is 15.0 Å². The molecule has 0 radical (unpaired) electrons. The molecule has 1 heterocycles. The van der Waals surface area contributed by atoms with E-state index in [1.807, 2.05) is 0 Å². The third-order valence-corrected chi connectivity index (χ3v) is 2.77. The van der Waals surface area contributed by atoms with Gasteiger partial charge >= 0.3 is 0 Å². The number of benzene rings is 1. The Hall–Kier alpha value is -2.36. The summed E-state index contributed by atoms with van der Waals surface area (Å²) in [6.07, 6.45) is 1.74. The van der Waals surface area contributed by atoms with Gasteiger partial charge in [-0.1, -0.05) is 6.07 Å². The highest BCUT2D eigenvalue weighted by molar-refractivity contribution is 6.00. The molecule has 0 amide bonds. The number of phenols is 2. The highest BCUT2D eigenvalue weighted by Gasteiger charge is 2.15. The molecule has 0 saturated carbocycles. The molecule has 4 heteroatoms. The van der Waals surface area contributed by atoms with Crippen molar-refractivity contribution in [2.45, 2.75) is 13.3 Å². The van der Waals surface area contributed by atoms with Gasteiger partial charge in [-0.2, -0.15) is 0 Å². The predicted molar refractivity (Wildman–Crippen MR) is 66.8 cm³/mol. The monoisotopic (exact) mass is 243 g/mol. The van der Waals surface area contributed by atoms with E-state index in [4.69, 9.17) is 0 Å². The Kier molecular flexibility index (Phi) is 3.28. The molecule has 0 aliphatic heterocycles. The third kappa shape index (κ3) is 2.32. The summed E-state index contributed by atoms with van der Waals surface area (Å²) in [6, 6.07) is 8.15. The summed E-state index contributed by atoms with van der Waals surface area (Å²) in [5, 5.41) is 19.2. The number of hydrogen-bond donors (Lipinski definition) is 2. The summed E-state index contributed by atoms with van der Waals surface area (Å²) < 4.78 is 0. The number of Topliss-reactive ketones (excluding diaryl/α,β-unsaturated/α-hetero) is 1. The standard InChI is InChI=1S/C14H13NO3/c1-9-12(16)6-5-11(14(9)18)13(17)8-10-4-2-3-7-15-10/h2-7,16,18H,8H2,1H3. The summed E-state index contributed by atoms with van der Waals surface area (Å²) in [5.41, 5.74) is 1.16. The van der Waals surface area contributed by atoms with Crippen LogP contribution in [-0.4, -0.2) is 21.0 Å². The second-order valence-electron chi connectivity index (χ2n) is 4.03. The topological polar surface area (TPSA) is 70.4 Å². The average molecular weight is 243 g/mol. The number of carbonyl (C=O) groups is 1. The van der Waals surface area contributed by atoms with Crippen LogP contribution in [0.15, 0.2) is 36.5 Å². The zero-order chi connectivity index (χ0) is 13.1. The molecule has 0 fully saturated rings. The molecule has 2 N–H and O–H groups in total. The molecule has 1 aromatic heterocycles. The van der Waals surface area contributed by atoms with Gasteiger partial charge < -0.3 is 10.2 Å². The molecule has 0 saturated heterocycles. The Labute approximate surface area is 105 Å². The van der Waals surface area contributed by atoms with Crippen molar-refractivity contribution in [2.24, 2.45) is 0 Å². The van der Waals surface area contributed by atoms with Crippen molar-refractivity contribution in [3.8, 4) is 11.5 Å². The van der Waals surface area contributed by atoms with Crippen LogP contribution >= 0.6 is 0 Å². The SMILES string of the molecule is Cc1c(O)ccc(C(=O)Cc2ccccn2)c1O. The van der Waals surface area contributed by atoms with Gasteiger partial charge in [0.2, 0.25) is 0 Å². The lowest BCUT2D eigenvalue weighted by Crippen LogP contribution is -2.05. The lowest BCUT2D eigenvalue weighted by atomic mass is 10.0. The number of pyridine rings is 1. The summed E-state index contributed by atoms with van der Waals surface area (Å²) in [6.45, 7) is 1.56. The normalized spacial score (nSPS) is 10.3. The fraction of sp³-hybridized carbons (Fsp3) is 0.143. The lowest BCUT2D eigenvalue weighted by Gasteiger charge is -2.07. The smallest absolute Gasteiger partial charge is 0.172 e. The van der Waals surface area contributed by atoms with Crippen LogP contribution in [-0.2, 0) is 6.42 Å². The Bertz CT molecular complexity index is 579. The van der Waals surface area contributed by atoms with Gasteiger partial charge in [-0.3, -0.25) is 9.78 Å². The number of ketones is 1. The minimum atomic E-state index is -0.227. The van der Waals surface area contributed by atoms with Gasteiger partial charge in [0.15, 0.2) is 5.78 Å². The van der Waals surface area contributed by atoms with E-state index in [1.54, 1.807) is 31.3 Å². The van der Waals surface area contributed by atoms with Crippen LogP contribution in [0.3, 0.4) is 0 Å². The van der Waals surface area contributed by atoms with Crippen LogP contribution in [0.1, 0.15) is 21.6 Å². The van der Waals surface area contributed by atoms with E-state index in [0.29, 0.717) is 11.3 Å². The number of phenolic OH excluding ortho intramolecular Hbond substituents is 2. The minimum Gasteiger partial charge on any atom is -0.508 e. The molecular formula is C14H13NO3. The van der Waals surface area contributed by atoms with Crippen molar-refractivity contribution in [3.63, 3.8) is 0 Å². The first kappa shape index (κ1) is 12.1. The Balaban J connectivity index is 2.28. The van der Waals surface area contributed by atoms with E-state index < -0.39 is 0 Å². The Morgan fingerprint density at radius 2 is 2.00 bits per heavy atom. The second kappa shape index (κ2) is 4.87. The number of carbonyl (C=O) groups excluding carboxylic acids is 1. The summed E-state index contributed by atoms with van der Waals surface area (Å²) in [5.74, 6) is -0.424. The van der Waals surface area contributed by atoms with E-state index in [9.17, 15) is 15.0 Å². The maximum Gasteiger partial charge on any atom is 0.172 e. The molecule has 2 rings (SSSR count). The zero-order valence-electron chi connectivity index (χ0n) is 9.92. The minimum absolute atomic E-state index is 0.0260. The molecule has 4 nitrogen and oxygen atoms in total. The van der Waals surface area contributed by atoms with Crippen molar-refractivity contribution >= 4 is 5.78 Å². The first-order chi connectivity index (χ1) is 8.59. The maximum atomic E-state index is 12.0. The Morgan fingerprint density at radius 1 is 1.22 bits per heavy atom. The predicted octanol–water partition coefficient (Wildman–Crippen LogP) is 2.23. The molecule has 92 valence electrons. The molecule has 0 atom stereocenters. The van der Waals surface area contributed by atoms with E-state index in [-0.39, 0.29) is 29.3 Å². The highest BCUT2D eigenvalue weighted by Crippen LogP contribution is 2.30. The summed E-state index contributed by atoms with van der Waals surface area (Å²) in [7, 11) is 0. The van der Waals surface area contributed by atoms with E-state index in [2.05, 4.69) is 4.98 Å². The number of aromatic nitrogens is 1. The van der Waals surface area contributed by atoms with E-state index >= 15 is 0 Å². The van der Waals surface area contributed by atoms with Gasteiger partial charge in [-0.05, 0) is 31.2 Å². The average Bonchev–Trinajstić information content (AvgIpc) is 2.37. The van der Waals surface area contributed by atoms with Gasteiger partial charge in [-0.15, -0.1) is 0 Å². The van der Waals surface area contributed by atoms with Crippen LogP contribution in [0.5, 0.6) is 11.5 Å². The highest BCUT2D eigenvalue weighted by atomic mass is 16.3. The van der Waals surface area contributed by atoms with Crippen molar-refractivity contribution in [1.82, 2.24) is 4.98 Å². The lowest BCUT2D eigenvalue weighted by molar-refractivity contribution is 0.0989. The Morgan fingerprint density at radius 3 is 2.67 bits per heavy atom. The van der Waals surface area contributed by atoms with E-state index in [1.165, 1.54) is 12.1 Å². The quantitative estimate of drug-likeness (QED) is 0.811. The maximum absolute atomic E-state index is 12.0. The van der Waals surface area contributed by atoms with Gasteiger partial charge in [0, 0.05) is 17.5 Å². The van der Waals surface area contributed by atoms with Crippen LogP contribution in [0.4, 0.5) is 0 Å². The van der Waals surface area contributed by atoms with Crippen molar-refractivity contribution in [2.75, 3.05) is 0 Å². The molecule has 1 aromatic carbocycles. The van der Waals surface area contributed by atoms with E-state index in [0.717, 1.165) is 0 Å². The fourth-order valence-corrected chi connectivity index (χ4v) is 1.68. The zero-order valence-corrected chi connectivity index (χ0v) is 9.92. The molecule has 0 unspecified atom stereocenters. The fourth-order valence-electron chi connectivity index (χ4n) is 1.68. The van der Waals surface area contributed by atoms with Gasteiger partial charge in [0.05, 0.1) is 12.0 Å². The van der Waals surface area contributed by atoms with Gasteiger partial charge in [0.1, 0.15) is 11.5 Å². The molecular weight excluding hydrogens is 230 g/mol. The van der Waals surface area contributed by atoms with Gasteiger partial charge in [0.25, 0.3) is 0 Å².